The van der Waals surface area contributed by atoms with Gasteiger partial charge in [-0.3, -0.25) is 84.1 Å². The molecule has 55 heavy (non-hydrogen) atoms. The van der Waals surface area contributed by atoms with Gasteiger partial charge in [-0.1, -0.05) is 87.0 Å². The Labute approximate surface area is 477 Å². The summed E-state index contributed by atoms with van der Waals surface area (Å²) in [7, 11) is 0. The molecule has 0 N–H and O–H groups in total. The van der Waals surface area contributed by atoms with Crippen LogP contribution in [0.5, 0.6) is 0 Å². The van der Waals surface area contributed by atoms with Crippen molar-refractivity contribution in [1.82, 2.24) is 24.9 Å². The second-order valence-electron chi connectivity index (χ2n) is 11.5. The van der Waals surface area contributed by atoms with Gasteiger partial charge in [-0.05, 0) is 0 Å². The van der Waals surface area contributed by atoms with E-state index in [0.717, 1.165) is 16.8 Å². The maximum absolute atomic E-state index is 4.02. The second-order valence-corrected chi connectivity index (χ2v) is 11.5. The summed E-state index contributed by atoms with van der Waals surface area (Å²) in [5.74, 6) is 2.60. The molecule has 0 unspecified atom stereocenters. The molecule has 0 fully saturated rings. The Kier molecular flexibility index (Phi) is 78.2. The molecule has 5 heterocycles. The van der Waals surface area contributed by atoms with Crippen LogP contribution in [0, 0.1) is 61.6 Å². The Hall–Kier alpha value is 2.63. The SMILES string of the molecule is CC(C)c1[c-]cn[c-]c1.CC(C)c1[c-]n[c-]cc1.CC(C)c1[c-]nc[c-]c1.CC(C)c1c[c-]c[c-]n1.CC(C)c1c[c-]n[c-]c1.[W].[W].[W].[W].[W].[W].[W].[W].[W].[W]. The Morgan fingerprint density at radius 3 is 1.27 bits per heavy atom. The molecule has 15 heteroatoms. The third kappa shape index (κ3) is 43.1. The Bertz CT molecular complexity index is 1130. The number of hydrogen-bond acceptors (Lipinski definition) is 5. The minimum atomic E-state index is 0. The molecular weight excluding hydrogens is 2390 g/mol. The van der Waals surface area contributed by atoms with Gasteiger partial charge in [0.2, 0.25) is 0 Å². The van der Waals surface area contributed by atoms with Gasteiger partial charge in [-0.2, -0.15) is 30.5 Å². The van der Waals surface area contributed by atoms with Crippen LogP contribution in [-0.4, -0.2) is 24.9 Å². The smallest absolute Gasteiger partial charge is 0 e. The molecule has 0 aromatic carbocycles. The van der Waals surface area contributed by atoms with Crippen molar-refractivity contribution in [2.45, 2.75) is 98.8 Å². The Balaban J connectivity index is -0.0000000550. The van der Waals surface area contributed by atoms with Crippen LogP contribution < -0.4 is 0 Å². The minimum Gasteiger partial charge on any atom is -0.543 e. The molecule has 0 atom stereocenters. The first-order chi connectivity index (χ1) is 21.5. The van der Waals surface area contributed by atoms with Gasteiger partial charge >= 0.3 is 0 Å². The topological polar surface area (TPSA) is 64.5 Å². The summed E-state index contributed by atoms with van der Waals surface area (Å²) in [4.78, 5) is 19.0. The van der Waals surface area contributed by atoms with Crippen LogP contribution in [-0.2, 0) is 211 Å². The van der Waals surface area contributed by atoms with Crippen molar-refractivity contribution in [3.8, 4) is 0 Å². The van der Waals surface area contributed by atoms with Crippen molar-refractivity contribution in [1.29, 1.82) is 0 Å². The van der Waals surface area contributed by atoms with Gasteiger partial charge in [-0.15, -0.1) is 11.8 Å². The van der Waals surface area contributed by atoms with Crippen LogP contribution in [0.4, 0.5) is 0 Å². The van der Waals surface area contributed by atoms with Gasteiger partial charge in [0.15, 0.2) is 0 Å². The van der Waals surface area contributed by atoms with Crippen molar-refractivity contribution in [3.05, 3.63) is 150 Å². The predicted molar refractivity (Wildman–Crippen MR) is 180 cm³/mol. The van der Waals surface area contributed by atoms with Gasteiger partial charge < -0.3 is 60.8 Å². The molecular formula is C40H45N5W10-10. The normalized spacial score (nSPS) is 8.27. The van der Waals surface area contributed by atoms with E-state index in [4.69, 9.17) is 0 Å². The molecule has 5 nitrogen and oxygen atoms in total. The van der Waals surface area contributed by atoms with Crippen LogP contribution in [0.2, 0.25) is 0 Å². The van der Waals surface area contributed by atoms with Crippen LogP contribution in [0.25, 0.3) is 0 Å². The number of nitrogens with zero attached hydrogens (tertiary/aromatic N) is 5. The van der Waals surface area contributed by atoms with E-state index in [2.05, 4.69) is 156 Å². The Morgan fingerprint density at radius 1 is 0.436 bits per heavy atom. The second kappa shape index (κ2) is 52.8. The van der Waals surface area contributed by atoms with Crippen LogP contribution in [0.3, 0.4) is 0 Å². The maximum atomic E-state index is 4.02. The quantitative estimate of drug-likeness (QED) is 0.165. The predicted octanol–water partition coefficient (Wildman–Crippen LogP) is 9.00. The van der Waals surface area contributed by atoms with Gasteiger partial charge in [0.05, 0.1) is 0 Å². The summed E-state index contributed by atoms with van der Waals surface area (Å²) >= 11 is 0. The molecule has 300 valence electrons. The van der Waals surface area contributed by atoms with Crippen molar-refractivity contribution in [3.63, 3.8) is 0 Å². The molecule has 5 aromatic heterocycles. The van der Waals surface area contributed by atoms with E-state index in [0.29, 0.717) is 29.6 Å². The summed E-state index contributed by atoms with van der Waals surface area (Å²) in [6, 6.07) is 23.8. The van der Waals surface area contributed by atoms with Gasteiger partial charge in [0, 0.05) is 211 Å². The molecule has 0 saturated heterocycles. The Morgan fingerprint density at radius 2 is 1.00 bits per heavy atom. The molecule has 0 aliphatic carbocycles. The first-order valence-corrected chi connectivity index (χ1v) is 15.2. The summed E-state index contributed by atoms with van der Waals surface area (Å²) in [5.41, 5.74) is 5.73. The molecule has 0 aliphatic rings. The summed E-state index contributed by atoms with van der Waals surface area (Å²) in [5, 5.41) is 0. The molecule has 0 bridgehead atoms. The zero-order valence-electron chi connectivity index (χ0n) is 32.5. The van der Waals surface area contributed by atoms with Crippen LogP contribution >= 0.6 is 0 Å². The fourth-order valence-corrected chi connectivity index (χ4v) is 3.07. The standard InChI is InChI=1S/5C8H9N.10W/c2*1-7(2)8-3-5-9-6-4-8;2*1-7(2)8-4-3-5-9-6-8;1-7(2)8-5-3-4-6-9-8;;;;;;;;;;/h3,6-7H,1-2H3;3-4,7H,1-2H3;4-5,7H,1-2H3;3-4,7H,1-2H3;4-5,7H,1-2H3;;;;;;;;;;/q5*-2;;;;;;;;;;. The van der Waals surface area contributed by atoms with Crippen molar-refractivity contribution in [2.75, 3.05) is 0 Å². The first-order valence-electron chi connectivity index (χ1n) is 15.2. The number of hydrogen-bond donors (Lipinski definition) is 0. The van der Waals surface area contributed by atoms with E-state index >= 15 is 0 Å². The average Bonchev–Trinajstić information content (AvgIpc) is 3.08. The van der Waals surface area contributed by atoms with Crippen molar-refractivity contribution >= 4 is 0 Å². The van der Waals surface area contributed by atoms with E-state index in [1.807, 2.05) is 42.5 Å². The van der Waals surface area contributed by atoms with E-state index < -0.39 is 0 Å². The fourth-order valence-electron chi connectivity index (χ4n) is 3.07. The van der Waals surface area contributed by atoms with E-state index in [1.165, 1.54) is 11.1 Å². The molecule has 0 amide bonds. The van der Waals surface area contributed by atoms with Gasteiger partial charge in [0.1, 0.15) is 0 Å². The van der Waals surface area contributed by atoms with E-state index in [1.54, 1.807) is 18.5 Å². The number of aromatic nitrogens is 5. The fraction of sp³-hybridized carbons (Fsp3) is 0.375. The third-order valence-electron chi connectivity index (χ3n) is 6.04. The summed E-state index contributed by atoms with van der Waals surface area (Å²) in [6.07, 6.45) is 22.7. The van der Waals surface area contributed by atoms with Crippen LogP contribution in [0.15, 0.2) is 60.9 Å². The zero-order chi connectivity index (χ0) is 33.5. The van der Waals surface area contributed by atoms with Gasteiger partial charge in [0.25, 0.3) is 0 Å². The monoisotopic (exact) mass is 2430 g/mol. The zero-order valence-corrected chi connectivity index (χ0v) is 61.8. The number of pyridine rings is 5. The van der Waals surface area contributed by atoms with Crippen LogP contribution in [0.1, 0.15) is 127 Å². The minimum absolute atomic E-state index is 0. The summed E-state index contributed by atoms with van der Waals surface area (Å²) in [6.45, 7) is 21.2. The third-order valence-corrected chi connectivity index (χ3v) is 6.04. The largest absolute Gasteiger partial charge is 0.543 e. The average molecular weight is 2430 g/mol. The van der Waals surface area contributed by atoms with E-state index in [9.17, 15) is 0 Å². The first kappa shape index (κ1) is 81.5. The molecule has 0 saturated carbocycles. The maximum Gasteiger partial charge on any atom is 0 e. The van der Waals surface area contributed by atoms with Gasteiger partial charge in [-0.25, -0.2) is 0 Å². The van der Waals surface area contributed by atoms with Crippen molar-refractivity contribution in [2.24, 2.45) is 0 Å². The molecule has 0 spiro atoms. The molecule has 0 radical (unpaired) electrons. The number of rotatable bonds is 5. The molecule has 5 aromatic rings. The molecule has 0 aliphatic heterocycles. The summed E-state index contributed by atoms with van der Waals surface area (Å²) < 4.78 is 0. The van der Waals surface area contributed by atoms with Crippen molar-refractivity contribution < 1.29 is 211 Å². The van der Waals surface area contributed by atoms with E-state index in [-0.39, 0.29) is 211 Å². The molecule has 5 rings (SSSR count).